The van der Waals surface area contributed by atoms with Crippen molar-refractivity contribution in [2.45, 2.75) is 32.0 Å². The summed E-state index contributed by atoms with van der Waals surface area (Å²) in [5.41, 5.74) is 2.95. The predicted molar refractivity (Wildman–Crippen MR) is 111 cm³/mol. The maximum atomic E-state index is 12.8. The predicted octanol–water partition coefficient (Wildman–Crippen LogP) is 4.67. The largest absolute Gasteiger partial charge is 0.496 e. The molecule has 0 radical (unpaired) electrons. The van der Waals surface area contributed by atoms with Gasteiger partial charge in [0.15, 0.2) is 6.10 Å². The molecule has 3 aromatic rings. The highest BCUT2D eigenvalue weighted by Crippen LogP contribution is 2.36. The summed E-state index contributed by atoms with van der Waals surface area (Å²) in [6.45, 7) is 4.28. The molecule has 0 amide bonds. The van der Waals surface area contributed by atoms with Crippen LogP contribution in [0, 0.1) is 6.92 Å². The third kappa shape index (κ3) is 5.49. The normalized spacial score (nSPS) is 13.5. The quantitative estimate of drug-likeness (QED) is 0.565. The zero-order chi connectivity index (χ0) is 22.6. The minimum atomic E-state index is -4.74. The highest BCUT2D eigenvalue weighted by molar-refractivity contribution is 5.61. The molecule has 0 saturated carbocycles. The topological polar surface area (TPSA) is 80.2 Å². The number of rotatable bonds is 7. The van der Waals surface area contributed by atoms with Gasteiger partial charge in [-0.3, -0.25) is 4.98 Å². The van der Waals surface area contributed by atoms with E-state index in [9.17, 15) is 18.3 Å². The Bertz CT molecular complexity index is 1030. The number of alkyl halides is 3. The lowest BCUT2D eigenvalue weighted by molar-refractivity contribution is -0.206. The Labute approximate surface area is 178 Å². The molecule has 1 unspecified atom stereocenters. The van der Waals surface area contributed by atoms with E-state index in [1.807, 2.05) is 26.0 Å². The average Bonchev–Trinajstić information content (AvgIpc) is 2.76. The van der Waals surface area contributed by atoms with Crippen molar-refractivity contribution in [3.8, 4) is 17.0 Å². The number of anilines is 1. The van der Waals surface area contributed by atoms with Gasteiger partial charge in [0.25, 0.3) is 0 Å². The second-order valence-corrected chi connectivity index (χ2v) is 7.20. The van der Waals surface area contributed by atoms with Gasteiger partial charge >= 0.3 is 6.18 Å². The molecular weight excluding hydrogens is 409 g/mol. The number of hydrogen-bond donors (Lipinski definition) is 2. The third-order valence-corrected chi connectivity index (χ3v) is 4.88. The van der Waals surface area contributed by atoms with Crippen LogP contribution in [-0.4, -0.2) is 39.9 Å². The molecule has 1 aromatic carbocycles. The number of hydrogen-bond acceptors (Lipinski definition) is 6. The number of halogens is 3. The van der Waals surface area contributed by atoms with Crippen LogP contribution in [0.3, 0.4) is 0 Å². The molecule has 0 aliphatic rings. The number of aromatic nitrogens is 3. The molecule has 0 bridgehead atoms. The first-order chi connectivity index (χ1) is 14.7. The molecule has 2 aromatic heterocycles. The summed E-state index contributed by atoms with van der Waals surface area (Å²) in [6.07, 6.45) is -4.10. The highest BCUT2D eigenvalue weighted by atomic mass is 19.4. The van der Waals surface area contributed by atoms with Crippen LogP contribution in [0.4, 0.5) is 19.0 Å². The van der Waals surface area contributed by atoms with E-state index in [1.165, 1.54) is 25.6 Å². The first-order valence-electron chi connectivity index (χ1n) is 9.60. The number of aliphatic hydroxyl groups is 1. The minimum absolute atomic E-state index is 0.105. The van der Waals surface area contributed by atoms with Gasteiger partial charge in [-0.05, 0) is 36.2 Å². The molecule has 2 atom stereocenters. The molecule has 2 heterocycles. The van der Waals surface area contributed by atoms with E-state index < -0.39 is 12.3 Å². The molecule has 0 spiro atoms. The smallest absolute Gasteiger partial charge is 0.418 e. The van der Waals surface area contributed by atoms with Gasteiger partial charge in [-0.2, -0.15) is 13.2 Å². The van der Waals surface area contributed by atoms with Crippen LogP contribution < -0.4 is 10.1 Å². The second kappa shape index (κ2) is 9.30. The van der Waals surface area contributed by atoms with Crippen LogP contribution in [0.2, 0.25) is 0 Å². The number of methoxy groups -OCH3 is 1. The van der Waals surface area contributed by atoms with Crippen molar-refractivity contribution in [2.24, 2.45) is 0 Å². The zero-order valence-electron chi connectivity index (χ0n) is 17.3. The van der Waals surface area contributed by atoms with Gasteiger partial charge in [0, 0.05) is 36.0 Å². The number of nitrogens with zero attached hydrogens (tertiary/aromatic N) is 3. The van der Waals surface area contributed by atoms with E-state index in [4.69, 9.17) is 4.74 Å². The van der Waals surface area contributed by atoms with Crippen molar-refractivity contribution in [1.29, 1.82) is 0 Å². The standard InChI is InChI=1S/C22H23F3N4O2/c1-13(17-7-6-15(8-19(17)31-3)21(30)22(23,24)25)10-27-20-9-18(28-12-29-20)16-5-4-14(2)26-11-16/h4-9,11-13,21,30H,10H2,1-3H3,(H,27,28,29)/t13-,21?/m1/s1. The van der Waals surface area contributed by atoms with E-state index in [0.29, 0.717) is 17.9 Å². The maximum Gasteiger partial charge on any atom is 0.418 e. The van der Waals surface area contributed by atoms with Crippen molar-refractivity contribution in [1.82, 2.24) is 15.0 Å². The lowest BCUT2D eigenvalue weighted by Crippen LogP contribution is -2.20. The molecule has 2 N–H and O–H groups in total. The van der Waals surface area contributed by atoms with Crippen molar-refractivity contribution >= 4 is 5.82 Å². The van der Waals surface area contributed by atoms with Crippen LogP contribution in [0.25, 0.3) is 11.3 Å². The Hall–Kier alpha value is -3.20. The fourth-order valence-corrected chi connectivity index (χ4v) is 3.09. The van der Waals surface area contributed by atoms with E-state index >= 15 is 0 Å². The number of ether oxygens (including phenoxy) is 1. The van der Waals surface area contributed by atoms with Crippen molar-refractivity contribution in [2.75, 3.05) is 19.0 Å². The molecule has 0 saturated heterocycles. The Morgan fingerprint density at radius 2 is 1.87 bits per heavy atom. The third-order valence-electron chi connectivity index (χ3n) is 4.88. The van der Waals surface area contributed by atoms with Gasteiger partial charge in [-0.25, -0.2) is 9.97 Å². The summed E-state index contributed by atoms with van der Waals surface area (Å²) in [5, 5.41) is 12.7. The number of aliphatic hydroxyl groups excluding tert-OH is 1. The first-order valence-corrected chi connectivity index (χ1v) is 9.60. The molecule has 31 heavy (non-hydrogen) atoms. The highest BCUT2D eigenvalue weighted by Gasteiger charge is 2.39. The molecule has 164 valence electrons. The zero-order valence-corrected chi connectivity index (χ0v) is 17.3. The maximum absolute atomic E-state index is 12.8. The molecule has 3 rings (SSSR count). The van der Waals surface area contributed by atoms with E-state index in [1.54, 1.807) is 18.3 Å². The van der Waals surface area contributed by atoms with E-state index in [0.717, 1.165) is 17.0 Å². The summed E-state index contributed by atoms with van der Waals surface area (Å²) >= 11 is 0. The van der Waals surface area contributed by atoms with Crippen molar-refractivity contribution in [3.63, 3.8) is 0 Å². The fraction of sp³-hybridized carbons (Fsp3) is 0.318. The van der Waals surface area contributed by atoms with Gasteiger partial charge in [0.05, 0.1) is 12.8 Å². The molecule has 6 nitrogen and oxygen atoms in total. The summed E-state index contributed by atoms with van der Waals surface area (Å²) in [6, 6.07) is 9.66. The van der Waals surface area contributed by atoms with Crippen LogP contribution >= 0.6 is 0 Å². The Morgan fingerprint density at radius 3 is 2.52 bits per heavy atom. The van der Waals surface area contributed by atoms with Gasteiger partial charge in [0.2, 0.25) is 0 Å². The van der Waals surface area contributed by atoms with Crippen molar-refractivity contribution in [3.05, 3.63) is 65.7 Å². The van der Waals surface area contributed by atoms with Crippen LogP contribution in [-0.2, 0) is 0 Å². The Kier molecular flexibility index (Phi) is 6.74. The Balaban J connectivity index is 1.73. The number of benzene rings is 1. The summed E-state index contributed by atoms with van der Waals surface area (Å²) in [7, 11) is 1.38. The molecular formula is C22H23F3N4O2. The van der Waals surface area contributed by atoms with E-state index in [-0.39, 0.29) is 17.2 Å². The van der Waals surface area contributed by atoms with Crippen molar-refractivity contribution < 1.29 is 23.0 Å². The molecule has 0 fully saturated rings. The van der Waals surface area contributed by atoms with Gasteiger partial charge in [-0.1, -0.05) is 19.1 Å². The van der Waals surface area contributed by atoms with Gasteiger partial charge in [-0.15, -0.1) is 0 Å². The minimum Gasteiger partial charge on any atom is -0.496 e. The average molecular weight is 432 g/mol. The lowest BCUT2D eigenvalue weighted by atomic mass is 9.96. The summed E-state index contributed by atoms with van der Waals surface area (Å²) < 4.78 is 43.7. The summed E-state index contributed by atoms with van der Waals surface area (Å²) in [4.78, 5) is 12.8. The van der Waals surface area contributed by atoms with E-state index in [2.05, 4.69) is 20.3 Å². The fourth-order valence-electron chi connectivity index (χ4n) is 3.09. The van der Waals surface area contributed by atoms with Crippen LogP contribution in [0.5, 0.6) is 5.75 Å². The molecule has 9 heteroatoms. The monoisotopic (exact) mass is 432 g/mol. The number of nitrogens with one attached hydrogen (secondary N) is 1. The Morgan fingerprint density at radius 1 is 1.10 bits per heavy atom. The van der Waals surface area contributed by atoms with Gasteiger partial charge in [0.1, 0.15) is 17.9 Å². The summed E-state index contributed by atoms with van der Waals surface area (Å²) in [5.74, 6) is 0.788. The van der Waals surface area contributed by atoms with Crippen LogP contribution in [0.15, 0.2) is 48.9 Å². The number of pyridine rings is 1. The molecule has 0 aliphatic heterocycles. The number of aryl methyl sites for hydroxylation is 1. The first kappa shape index (κ1) is 22.5. The van der Waals surface area contributed by atoms with Gasteiger partial charge < -0.3 is 15.2 Å². The van der Waals surface area contributed by atoms with Crippen LogP contribution in [0.1, 0.15) is 35.8 Å². The lowest BCUT2D eigenvalue weighted by Gasteiger charge is -2.20. The SMILES string of the molecule is COc1cc(C(O)C(F)(F)F)ccc1[C@H](C)CNc1cc(-c2ccc(C)nc2)ncn1. The molecule has 0 aliphatic carbocycles. The second-order valence-electron chi connectivity index (χ2n) is 7.20.